The standard InChI is InChI=1S/C21H35N5O.HI/c1-4-5-13-26-14-11-19(12-15-26)24-21(23-17-20(27)25(2)3)22-16-18-9-7-6-8-10-18;/h6-10,19H,4-5,11-17H2,1-3H3,(H2,22,23,24);1H. The Morgan fingerprint density at radius 3 is 2.50 bits per heavy atom. The molecular weight excluding hydrogens is 465 g/mol. The Balaban J connectivity index is 0.00000392. The van der Waals surface area contributed by atoms with Gasteiger partial charge in [-0.1, -0.05) is 43.7 Å². The average molecular weight is 501 g/mol. The largest absolute Gasteiger partial charge is 0.354 e. The molecule has 1 aromatic carbocycles. The van der Waals surface area contributed by atoms with Crippen molar-refractivity contribution in [3.05, 3.63) is 35.9 Å². The van der Waals surface area contributed by atoms with Gasteiger partial charge in [0.2, 0.25) is 5.91 Å². The van der Waals surface area contributed by atoms with Crippen molar-refractivity contribution < 1.29 is 4.79 Å². The van der Waals surface area contributed by atoms with Crippen molar-refractivity contribution in [2.24, 2.45) is 4.99 Å². The molecule has 1 aliphatic heterocycles. The number of carbonyl (C=O) groups is 1. The molecule has 2 rings (SSSR count). The van der Waals surface area contributed by atoms with Gasteiger partial charge in [0.1, 0.15) is 0 Å². The number of amides is 1. The summed E-state index contributed by atoms with van der Waals surface area (Å²) in [5.41, 5.74) is 1.16. The van der Waals surface area contributed by atoms with E-state index in [1.807, 2.05) is 18.2 Å². The summed E-state index contributed by atoms with van der Waals surface area (Å²) in [6.07, 6.45) is 4.74. The summed E-state index contributed by atoms with van der Waals surface area (Å²) in [5.74, 6) is 0.764. The molecule has 0 aliphatic carbocycles. The van der Waals surface area contributed by atoms with Crippen LogP contribution in [0, 0.1) is 0 Å². The number of rotatable bonds is 8. The Hall–Kier alpha value is -1.35. The molecule has 0 radical (unpaired) electrons. The van der Waals surface area contributed by atoms with Crippen LogP contribution in [0.15, 0.2) is 35.3 Å². The maximum Gasteiger partial charge on any atom is 0.241 e. The molecule has 1 heterocycles. The van der Waals surface area contributed by atoms with E-state index in [-0.39, 0.29) is 36.4 Å². The quantitative estimate of drug-likeness (QED) is 0.327. The Labute approximate surface area is 187 Å². The molecule has 1 aromatic rings. The molecule has 6 nitrogen and oxygen atoms in total. The third kappa shape index (κ3) is 9.23. The van der Waals surface area contributed by atoms with E-state index in [9.17, 15) is 4.79 Å². The highest BCUT2D eigenvalue weighted by molar-refractivity contribution is 14.0. The maximum atomic E-state index is 11.9. The van der Waals surface area contributed by atoms with Gasteiger partial charge in [-0.2, -0.15) is 0 Å². The summed E-state index contributed by atoms with van der Waals surface area (Å²) >= 11 is 0. The van der Waals surface area contributed by atoms with Gasteiger partial charge in [-0.3, -0.25) is 4.79 Å². The first-order chi connectivity index (χ1) is 13.1. The number of nitrogens with one attached hydrogen (secondary N) is 2. The van der Waals surface area contributed by atoms with Crippen molar-refractivity contribution in [1.29, 1.82) is 0 Å². The van der Waals surface area contributed by atoms with Gasteiger partial charge in [0.05, 0.1) is 13.1 Å². The van der Waals surface area contributed by atoms with Crippen LogP contribution in [0.5, 0.6) is 0 Å². The zero-order valence-corrected chi connectivity index (χ0v) is 19.8. The van der Waals surface area contributed by atoms with Crippen molar-refractivity contribution in [2.45, 2.75) is 45.2 Å². The van der Waals surface area contributed by atoms with Crippen LogP contribution >= 0.6 is 24.0 Å². The fourth-order valence-corrected chi connectivity index (χ4v) is 3.10. The molecule has 0 unspecified atom stereocenters. The molecule has 28 heavy (non-hydrogen) atoms. The lowest BCUT2D eigenvalue weighted by Gasteiger charge is -2.33. The van der Waals surface area contributed by atoms with Gasteiger partial charge in [-0.25, -0.2) is 4.99 Å². The smallest absolute Gasteiger partial charge is 0.241 e. The van der Waals surface area contributed by atoms with Gasteiger partial charge >= 0.3 is 0 Å². The van der Waals surface area contributed by atoms with Gasteiger partial charge in [0.15, 0.2) is 5.96 Å². The molecule has 0 bridgehead atoms. The third-order valence-electron chi connectivity index (χ3n) is 4.92. The van der Waals surface area contributed by atoms with E-state index in [1.54, 1.807) is 19.0 Å². The first-order valence-electron chi connectivity index (χ1n) is 10.1. The molecule has 1 aliphatic rings. The van der Waals surface area contributed by atoms with E-state index in [2.05, 4.69) is 34.6 Å². The first kappa shape index (κ1) is 24.7. The highest BCUT2D eigenvalue weighted by atomic mass is 127. The molecule has 0 saturated carbocycles. The number of carbonyl (C=O) groups excluding carboxylic acids is 1. The number of piperidine rings is 1. The van der Waals surface area contributed by atoms with E-state index in [0.717, 1.165) is 37.5 Å². The number of likely N-dealkylation sites (tertiary alicyclic amines) is 1. The van der Waals surface area contributed by atoms with Gasteiger partial charge in [-0.05, 0) is 31.4 Å². The van der Waals surface area contributed by atoms with Gasteiger partial charge < -0.3 is 20.4 Å². The number of aliphatic imine (C=N–C) groups is 1. The molecule has 1 amide bonds. The second kappa shape index (κ2) is 13.8. The van der Waals surface area contributed by atoms with Crippen LogP contribution in [-0.2, 0) is 11.3 Å². The molecular formula is C21H36IN5O. The number of likely N-dealkylation sites (N-methyl/N-ethyl adjacent to an activating group) is 1. The molecule has 0 aromatic heterocycles. The summed E-state index contributed by atoms with van der Waals surface area (Å²) in [4.78, 5) is 20.8. The Kier molecular flexibility index (Phi) is 12.1. The summed E-state index contributed by atoms with van der Waals surface area (Å²) in [5, 5.41) is 6.74. The second-order valence-corrected chi connectivity index (χ2v) is 7.41. The highest BCUT2D eigenvalue weighted by Crippen LogP contribution is 2.11. The number of unbranched alkanes of at least 4 members (excludes halogenated alkanes) is 1. The Morgan fingerprint density at radius 2 is 1.89 bits per heavy atom. The van der Waals surface area contributed by atoms with Crippen LogP contribution in [-0.4, -0.2) is 68.0 Å². The predicted molar refractivity (Wildman–Crippen MR) is 127 cm³/mol. The minimum atomic E-state index is 0. The minimum absolute atomic E-state index is 0. The number of halogens is 1. The SMILES string of the molecule is CCCCN1CCC(NC(=NCc2ccccc2)NCC(=O)N(C)C)CC1.I. The van der Waals surface area contributed by atoms with E-state index in [0.29, 0.717) is 12.6 Å². The molecule has 0 spiro atoms. The number of benzene rings is 1. The molecule has 158 valence electrons. The van der Waals surface area contributed by atoms with Crippen LogP contribution < -0.4 is 10.6 Å². The molecule has 1 saturated heterocycles. The van der Waals surface area contributed by atoms with Crippen molar-refractivity contribution in [1.82, 2.24) is 20.4 Å². The summed E-state index contributed by atoms with van der Waals surface area (Å²) in [6.45, 7) is 6.55. The van der Waals surface area contributed by atoms with Crippen LogP contribution in [0.3, 0.4) is 0 Å². The normalized spacial score (nSPS) is 15.6. The van der Waals surface area contributed by atoms with Crippen LogP contribution in [0.4, 0.5) is 0 Å². The van der Waals surface area contributed by atoms with E-state index >= 15 is 0 Å². The van der Waals surface area contributed by atoms with Crippen LogP contribution in [0.25, 0.3) is 0 Å². The Bertz CT molecular complexity index is 586. The zero-order valence-electron chi connectivity index (χ0n) is 17.5. The minimum Gasteiger partial charge on any atom is -0.354 e. The number of hydrogen-bond acceptors (Lipinski definition) is 3. The van der Waals surface area contributed by atoms with Gasteiger partial charge in [-0.15, -0.1) is 24.0 Å². The second-order valence-electron chi connectivity index (χ2n) is 7.41. The topological polar surface area (TPSA) is 60.0 Å². The molecule has 2 N–H and O–H groups in total. The van der Waals surface area contributed by atoms with Gasteiger partial charge in [0.25, 0.3) is 0 Å². The fraction of sp³-hybridized carbons (Fsp3) is 0.619. The molecule has 7 heteroatoms. The lowest BCUT2D eigenvalue weighted by atomic mass is 10.0. The summed E-state index contributed by atoms with van der Waals surface area (Å²) < 4.78 is 0. The predicted octanol–water partition coefficient (Wildman–Crippen LogP) is 2.69. The van der Waals surface area contributed by atoms with Crippen molar-refractivity contribution in [3.63, 3.8) is 0 Å². The number of guanidine groups is 1. The third-order valence-corrected chi connectivity index (χ3v) is 4.92. The fourth-order valence-electron chi connectivity index (χ4n) is 3.10. The summed E-state index contributed by atoms with van der Waals surface area (Å²) in [6, 6.07) is 10.6. The number of nitrogens with zero attached hydrogens (tertiary/aromatic N) is 3. The van der Waals surface area contributed by atoms with E-state index in [1.165, 1.54) is 19.4 Å². The summed E-state index contributed by atoms with van der Waals surface area (Å²) in [7, 11) is 3.54. The lowest BCUT2D eigenvalue weighted by Crippen LogP contribution is -2.50. The van der Waals surface area contributed by atoms with Crippen LogP contribution in [0.1, 0.15) is 38.2 Å². The van der Waals surface area contributed by atoms with E-state index < -0.39 is 0 Å². The zero-order chi connectivity index (χ0) is 19.5. The lowest BCUT2D eigenvalue weighted by molar-refractivity contribution is -0.127. The molecule has 1 fully saturated rings. The van der Waals surface area contributed by atoms with Crippen molar-refractivity contribution in [3.8, 4) is 0 Å². The maximum absolute atomic E-state index is 11.9. The van der Waals surface area contributed by atoms with Crippen LogP contribution in [0.2, 0.25) is 0 Å². The molecule has 0 atom stereocenters. The Morgan fingerprint density at radius 1 is 1.21 bits per heavy atom. The van der Waals surface area contributed by atoms with Crippen molar-refractivity contribution in [2.75, 3.05) is 40.3 Å². The number of hydrogen-bond donors (Lipinski definition) is 2. The van der Waals surface area contributed by atoms with E-state index in [4.69, 9.17) is 4.99 Å². The monoisotopic (exact) mass is 501 g/mol. The average Bonchev–Trinajstić information content (AvgIpc) is 2.69. The highest BCUT2D eigenvalue weighted by Gasteiger charge is 2.20. The van der Waals surface area contributed by atoms with Crippen molar-refractivity contribution >= 4 is 35.8 Å². The first-order valence-corrected chi connectivity index (χ1v) is 10.1. The van der Waals surface area contributed by atoms with Gasteiger partial charge in [0, 0.05) is 33.2 Å².